The Morgan fingerprint density at radius 1 is 1.04 bits per heavy atom. The van der Waals surface area contributed by atoms with Crippen molar-refractivity contribution in [2.24, 2.45) is 0 Å². The van der Waals surface area contributed by atoms with Gasteiger partial charge in [0.15, 0.2) is 0 Å². The molecule has 0 aliphatic heterocycles. The molecule has 0 fully saturated rings. The van der Waals surface area contributed by atoms with Gasteiger partial charge in [0.1, 0.15) is 6.42 Å². The van der Waals surface area contributed by atoms with Crippen molar-refractivity contribution in [1.82, 2.24) is 5.32 Å². The van der Waals surface area contributed by atoms with Crippen LogP contribution < -0.4 is 10.6 Å². The molecule has 0 atom stereocenters. The van der Waals surface area contributed by atoms with Crippen molar-refractivity contribution in [3.8, 4) is 0 Å². The van der Waals surface area contributed by atoms with Gasteiger partial charge in [-0.3, -0.25) is 9.59 Å². The number of carbonyl (C=O) groups excluding carboxylic acids is 2. The number of anilines is 1. The smallest absolute Gasteiger partial charge is 0.233 e. The molecule has 0 aliphatic rings. The standard InChI is InChI=1S/C19H20Cl2N2O2/c1-12-8-13(2)19(16(21)9-12)23-18(25)11-17(24)22-7-6-14-4-3-5-15(20)10-14/h3-5,8-10H,6-7,11H2,1-2H3,(H,22,24)(H,23,25). The minimum atomic E-state index is -0.394. The van der Waals surface area contributed by atoms with Gasteiger partial charge in [-0.1, -0.05) is 41.4 Å². The van der Waals surface area contributed by atoms with Crippen LogP contribution in [0.15, 0.2) is 36.4 Å². The lowest BCUT2D eigenvalue weighted by Gasteiger charge is -2.11. The summed E-state index contributed by atoms with van der Waals surface area (Å²) in [5, 5.41) is 6.56. The van der Waals surface area contributed by atoms with Gasteiger partial charge in [0.05, 0.1) is 10.7 Å². The number of carbonyl (C=O) groups is 2. The molecule has 2 rings (SSSR count). The molecule has 2 amide bonds. The summed E-state index contributed by atoms with van der Waals surface area (Å²) in [6.45, 7) is 4.23. The van der Waals surface area contributed by atoms with Crippen molar-refractivity contribution in [3.63, 3.8) is 0 Å². The molecule has 0 unspecified atom stereocenters. The Kier molecular flexibility index (Phi) is 6.85. The van der Waals surface area contributed by atoms with Gasteiger partial charge in [-0.2, -0.15) is 0 Å². The molecule has 2 N–H and O–H groups in total. The Morgan fingerprint density at radius 3 is 2.48 bits per heavy atom. The number of hydrogen-bond acceptors (Lipinski definition) is 2. The highest BCUT2D eigenvalue weighted by Gasteiger charge is 2.13. The number of aryl methyl sites for hydroxylation is 2. The summed E-state index contributed by atoms with van der Waals surface area (Å²) < 4.78 is 0. The van der Waals surface area contributed by atoms with Gasteiger partial charge in [-0.25, -0.2) is 0 Å². The minimum Gasteiger partial charge on any atom is -0.355 e. The van der Waals surface area contributed by atoms with Crippen LogP contribution >= 0.6 is 23.2 Å². The van der Waals surface area contributed by atoms with Crippen LogP contribution in [-0.2, 0) is 16.0 Å². The van der Waals surface area contributed by atoms with E-state index in [1.54, 1.807) is 12.1 Å². The number of nitrogens with one attached hydrogen (secondary N) is 2. The lowest BCUT2D eigenvalue weighted by atomic mass is 10.1. The SMILES string of the molecule is Cc1cc(C)c(NC(=O)CC(=O)NCCc2cccc(Cl)c2)c(Cl)c1. The van der Waals surface area contributed by atoms with Crippen molar-refractivity contribution in [2.45, 2.75) is 26.7 Å². The van der Waals surface area contributed by atoms with Gasteiger partial charge in [0.2, 0.25) is 11.8 Å². The fourth-order valence-electron chi connectivity index (χ4n) is 2.50. The Labute approximate surface area is 157 Å². The Balaban J connectivity index is 1.81. The van der Waals surface area contributed by atoms with Crippen LogP contribution in [0.5, 0.6) is 0 Å². The molecule has 0 bridgehead atoms. The molecule has 0 aliphatic carbocycles. The first kappa shape index (κ1) is 19.3. The largest absolute Gasteiger partial charge is 0.355 e. The molecule has 0 heterocycles. The summed E-state index contributed by atoms with van der Waals surface area (Å²) in [5.74, 6) is -0.727. The summed E-state index contributed by atoms with van der Waals surface area (Å²) in [6.07, 6.45) is 0.399. The average molecular weight is 379 g/mol. The number of halogens is 2. The second-order valence-corrected chi connectivity index (χ2v) is 6.74. The Hall–Kier alpha value is -2.04. The van der Waals surface area contributed by atoms with Gasteiger partial charge in [-0.05, 0) is 55.2 Å². The van der Waals surface area contributed by atoms with Gasteiger partial charge in [0, 0.05) is 11.6 Å². The lowest BCUT2D eigenvalue weighted by molar-refractivity contribution is -0.126. The van der Waals surface area contributed by atoms with Crippen molar-refractivity contribution < 1.29 is 9.59 Å². The predicted molar refractivity (Wildman–Crippen MR) is 102 cm³/mol. The highest BCUT2D eigenvalue weighted by molar-refractivity contribution is 6.34. The molecular formula is C19H20Cl2N2O2. The average Bonchev–Trinajstić information content (AvgIpc) is 2.51. The van der Waals surface area contributed by atoms with Gasteiger partial charge >= 0.3 is 0 Å². The second kappa shape index (κ2) is 8.88. The summed E-state index contributed by atoms with van der Waals surface area (Å²) in [5.41, 5.74) is 3.45. The van der Waals surface area contributed by atoms with E-state index in [0.717, 1.165) is 16.7 Å². The van der Waals surface area contributed by atoms with E-state index >= 15 is 0 Å². The summed E-state index contributed by atoms with van der Waals surface area (Å²) in [7, 11) is 0. The highest BCUT2D eigenvalue weighted by Crippen LogP contribution is 2.27. The van der Waals surface area contributed by atoms with Crippen LogP contribution in [0, 0.1) is 13.8 Å². The van der Waals surface area contributed by atoms with Crippen LogP contribution in [0.2, 0.25) is 10.0 Å². The second-order valence-electron chi connectivity index (χ2n) is 5.89. The van der Waals surface area contributed by atoms with E-state index in [1.165, 1.54) is 0 Å². The molecule has 0 radical (unpaired) electrons. The quantitative estimate of drug-likeness (QED) is 0.736. The van der Waals surface area contributed by atoms with Gasteiger partial charge < -0.3 is 10.6 Å². The van der Waals surface area contributed by atoms with Crippen molar-refractivity contribution in [3.05, 3.63) is 63.1 Å². The lowest BCUT2D eigenvalue weighted by Crippen LogP contribution is -2.29. The zero-order valence-corrected chi connectivity index (χ0v) is 15.7. The van der Waals surface area contributed by atoms with Crippen LogP contribution in [0.3, 0.4) is 0 Å². The fraction of sp³-hybridized carbons (Fsp3) is 0.263. The Morgan fingerprint density at radius 2 is 1.80 bits per heavy atom. The number of amides is 2. The van der Waals surface area contributed by atoms with Crippen molar-refractivity contribution in [1.29, 1.82) is 0 Å². The summed E-state index contributed by atoms with van der Waals surface area (Å²) >= 11 is 12.1. The molecule has 0 spiro atoms. The van der Waals surface area contributed by atoms with Crippen molar-refractivity contribution in [2.75, 3.05) is 11.9 Å². The third-order valence-electron chi connectivity index (χ3n) is 3.64. The van der Waals surface area contributed by atoms with Crippen LogP contribution in [-0.4, -0.2) is 18.4 Å². The molecule has 0 saturated heterocycles. The maximum Gasteiger partial charge on any atom is 0.233 e. The van der Waals surface area contributed by atoms with E-state index in [2.05, 4.69) is 10.6 Å². The van der Waals surface area contributed by atoms with Crippen molar-refractivity contribution >= 4 is 40.7 Å². The highest BCUT2D eigenvalue weighted by atomic mass is 35.5. The van der Waals surface area contributed by atoms with E-state index in [-0.39, 0.29) is 12.3 Å². The molecule has 0 aromatic heterocycles. The summed E-state index contributed by atoms with van der Waals surface area (Å²) in [4.78, 5) is 23.9. The van der Waals surface area contributed by atoms with Crippen LogP contribution in [0.1, 0.15) is 23.1 Å². The zero-order valence-electron chi connectivity index (χ0n) is 14.2. The molecule has 0 saturated carbocycles. The van der Waals surface area contributed by atoms with Gasteiger partial charge in [0.25, 0.3) is 0 Å². The maximum atomic E-state index is 12.0. The fourth-order valence-corrected chi connectivity index (χ4v) is 3.09. The number of rotatable bonds is 6. The maximum absolute atomic E-state index is 12.0. The molecule has 2 aromatic carbocycles. The van der Waals surface area contributed by atoms with E-state index in [9.17, 15) is 9.59 Å². The number of hydrogen-bond donors (Lipinski definition) is 2. The molecule has 2 aromatic rings. The molecule has 6 heteroatoms. The first-order chi connectivity index (χ1) is 11.8. The zero-order chi connectivity index (χ0) is 18.4. The molecule has 4 nitrogen and oxygen atoms in total. The van der Waals surface area contributed by atoms with E-state index < -0.39 is 5.91 Å². The van der Waals surface area contributed by atoms with E-state index in [4.69, 9.17) is 23.2 Å². The van der Waals surface area contributed by atoms with Crippen LogP contribution in [0.25, 0.3) is 0 Å². The molecule has 25 heavy (non-hydrogen) atoms. The third-order valence-corrected chi connectivity index (χ3v) is 4.18. The van der Waals surface area contributed by atoms with Gasteiger partial charge in [-0.15, -0.1) is 0 Å². The first-order valence-electron chi connectivity index (χ1n) is 7.93. The van der Waals surface area contributed by atoms with E-state index in [1.807, 2.05) is 38.1 Å². The van der Waals surface area contributed by atoms with Crippen LogP contribution in [0.4, 0.5) is 5.69 Å². The first-order valence-corrected chi connectivity index (χ1v) is 8.68. The monoisotopic (exact) mass is 378 g/mol. The van der Waals surface area contributed by atoms with E-state index in [0.29, 0.717) is 28.7 Å². The minimum absolute atomic E-state index is 0.251. The molecular weight excluding hydrogens is 359 g/mol. The predicted octanol–water partition coefficient (Wildman–Crippen LogP) is 4.30. The topological polar surface area (TPSA) is 58.2 Å². The summed E-state index contributed by atoms with van der Waals surface area (Å²) in [6, 6.07) is 11.1. The Bertz CT molecular complexity index is 768. The third kappa shape index (κ3) is 6.07. The molecule has 132 valence electrons. The normalized spacial score (nSPS) is 10.4. The number of benzene rings is 2.